The van der Waals surface area contributed by atoms with Gasteiger partial charge in [-0.15, -0.1) is 0 Å². The highest BCUT2D eigenvalue weighted by Gasteiger charge is 2.21. The molecule has 0 radical (unpaired) electrons. The van der Waals surface area contributed by atoms with E-state index in [-0.39, 0.29) is 5.91 Å². The molecular formula is C14H24N4O2. The minimum absolute atomic E-state index is 0.197. The van der Waals surface area contributed by atoms with Crippen molar-refractivity contribution in [2.45, 2.75) is 13.3 Å². The molecule has 0 aromatic carbocycles. The fourth-order valence-corrected chi connectivity index (χ4v) is 2.41. The average Bonchev–Trinajstić information content (AvgIpc) is 2.85. The average molecular weight is 280 g/mol. The van der Waals surface area contributed by atoms with Crippen molar-refractivity contribution in [3.05, 3.63) is 18.0 Å². The maximum Gasteiger partial charge on any atom is 0.227 e. The molecule has 0 atom stereocenters. The van der Waals surface area contributed by atoms with Crippen LogP contribution in [-0.4, -0.2) is 71.4 Å². The Balaban J connectivity index is 1.71. The van der Waals surface area contributed by atoms with Gasteiger partial charge in [-0.1, -0.05) is 0 Å². The molecule has 0 bridgehead atoms. The Kier molecular flexibility index (Phi) is 5.55. The molecule has 0 saturated carbocycles. The van der Waals surface area contributed by atoms with E-state index in [1.165, 1.54) is 0 Å². The Morgan fingerprint density at radius 3 is 2.70 bits per heavy atom. The van der Waals surface area contributed by atoms with E-state index >= 15 is 0 Å². The number of aryl methyl sites for hydroxylation is 1. The van der Waals surface area contributed by atoms with E-state index in [2.05, 4.69) is 10.00 Å². The van der Waals surface area contributed by atoms with Gasteiger partial charge in [-0.2, -0.15) is 5.10 Å². The maximum atomic E-state index is 12.2. The normalized spacial score (nSPS) is 16.6. The summed E-state index contributed by atoms with van der Waals surface area (Å²) in [5.74, 6) is 0.197. The topological polar surface area (TPSA) is 50.6 Å². The molecule has 0 unspecified atom stereocenters. The predicted molar refractivity (Wildman–Crippen MR) is 76.4 cm³/mol. The van der Waals surface area contributed by atoms with Gasteiger partial charge in [0.2, 0.25) is 5.91 Å². The van der Waals surface area contributed by atoms with Crippen LogP contribution >= 0.6 is 0 Å². The van der Waals surface area contributed by atoms with Crippen molar-refractivity contribution < 1.29 is 9.53 Å². The van der Waals surface area contributed by atoms with Crippen LogP contribution in [0.4, 0.5) is 0 Å². The number of hydrogen-bond acceptors (Lipinski definition) is 4. The second-order valence-electron chi connectivity index (χ2n) is 5.12. The molecule has 1 aliphatic rings. The summed E-state index contributed by atoms with van der Waals surface area (Å²) in [4.78, 5) is 16.5. The van der Waals surface area contributed by atoms with Gasteiger partial charge in [-0.3, -0.25) is 14.4 Å². The second kappa shape index (κ2) is 7.40. The second-order valence-corrected chi connectivity index (χ2v) is 5.12. The van der Waals surface area contributed by atoms with Gasteiger partial charge in [0.05, 0.1) is 19.2 Å². The molecule has 6 heteroatoms. The van der Waals surface area contributed by atoms with E-state index < -0.39 is 0 Å². The van der Waals surface area contributed by atoms with Crippen LogP contribution in [0.3, 0.4) is 0 Å². The van der Waals surface area contributed by atoms with Crippen LogP contribution in [0.5, 0.6) is 0 Å². The van der Waals surface area contributed by atoms with Gasteiger partial charge in [-0.25, -0.2) is 0 Å². The van der Waals surface area contributed by atoms with Gasteiger partial charge in [0.15, 0.2) is 0 Å². The van der Waals surface area contributed by atoms with Gasteiger partial charge in [0.1, 0.15) is 0 Å². The molecule has 6 nitrogen and oxygen atoms in total. The molecule has 112 valence electrons. The van der Waals surface area contributed by atoms with Crippen LogP contribution in [0, 0.1) is 0 Å². The van der Waals surface area contributed by atoms with Crippen LogP contribution < -0.4 is 0 Å². The van der Waals surface area contributed by atoms with Gasteiger partial charge in [0, 0.05) is 52.6 Å². The number of aromatic nitrogens is 2. The highest BCUT2D eigenvalue weighted by Crippen LogP contribution is 2.06. The molecule has 0 spiro atoms. The molecule has 2 heterocycles. The lowest BCUT2D eigenvalue weighted by Gasteiger charge is -2.34. The predicted octanol–water partition coefficient (Wildman–Crippen LogP) is 0.143. The summed E-state index contributed by atoms with van der Waals surface area (Å²) in [5, 5.41) is 4.09. The molecule has 2 rings (SSSR count). The van der Waals surface area contributed by atoms with E-state index in [0.717, 1.165) is 51.5 Å². The van der Waals surface area contributed by atoms with Crippen LogP contribution in [-0.2, 0) is 23.0 Å². The SMILES string of the molecule is CCOCCN1CCN(C(=O)Cc2cnn(C)c2)CC1. The summed E-state index contributed by atoms with van der Waals surface area (Å²) in [6.45, 7) is 8.01. The summed E-state index contributed by atoms with van der Waals surface area (Å²) >= 11 is 0. The quantitative estimate of drug-likeness (QED) is 0.696. The Labute approximate surface area is 120 Å². The first-order valence-electron chi connectivity index (χ1n) is 7.24. The standard InChI is InChI=1S/C14H24N4O2/c1-3-20-9-8-17-4-6-18(7-5-17)14(19)10-13-11-15-16(2)12-13/h11-12H,3-10H2,1-2H3. The highest BCUT2D eigenvalue weighted by molar-refractivity contribution is 5.78. The van der Waals surface area contributed by atoms with Gasteiger partial charge in [0.25, 0.3) is 0 Å². The summed E-state index contributed by atoms with van der Waals surface area (Å²) in [7, 11) is 1.87. The largest absolute Gasteiger partial charge is 0.380 e. The minimum atomic E-state index is 0.197. The summed E-state index contributed by atoms with van der Waals surface area (Å²) < 4.78 is 7.09. The van der Waals surface area contributed by atoms with Crippen molar-refractivity contribution in [2.75, 3.05) is 45.9 Å². The Bertz CT molecular complexity index is 425. The van der Waals surface area contributed by atoms with E-state index in [0.29, 0.717) is 6.42 Å². The molecule has 1 aromatic heterocycles. The molecule has 1 amide bonds. The van der Waals surface area contributed by atoms with Crippen molar-refractivity contribution in [2.24, 2.45) is 7.05 Å². The lowest BCUT2D eigenvalue weighted by Crippen LogP contribution is -2.49. The molecular weight excluding hydrogens is 256 g/mol. The molecule has 1 aromatic rings. The number of amides is 1. The smallest absolute Gasteiger partial charge is 0.227 e. The number of ether oxygens (including phenoxy) is 1. The van der Waals surface area contributed by atoms with Gasteiger partial charge < -0.3 is 9.64 Å². The fraction of sp³-hybridized carbons (Fsp3) is 0.714. The third-order valence-corrected chi connectivity index (χ3v) is 3.59. The summed E-state index contributed by atoms with van der Waals surface area (Å²) in [6.07, 6.45) is 4.11. The van der Waals surface area contributed by atoms with Crippen molar-refractivity contribution >= 4 is 5.91 Å². The molecule has 0 N–H and O–H groups in total. The van der Waals surface area contributed by atoms with Gasteiger partial charge >= 0.3 is 0 Å². The van der Waals surface area contributed by atoms with E-state index in [9.17, 15) is 4.79 Å². The number of hydrogen-bond donors (Lipinski definition) is 0. The van der Waals surface area contributed by atoms with E-state index in [1.54, 1.807) is 10.9 Å². The molecule has 1 fully saturated rings. The summed E-state index contributed by atoms with van der Waals surface area (Å²) in [6, 6.07) is 0. The Hall–Kier alpha value is -1.40. The zero-order valence-electron chi connectivity index (χ0n) is 12.4. The van der Waals surface area contributed by atoms with Crippen LogP contribution in [0.15, 0.2) is 12.4 Å². The zero-order chi connectivity index (χ0) is 14.4. The first kappa shape index (κ1) is 15.0. The lowest BCUT2D eigenvalue weighted by molar-refractivity contribution is -0.132. The molecule has 20 heavy (non-hydrogen) atoms. The lowest BCUT2D eigenvalue weighted by atomic mass is 10.2. The number of carbonyl (C=O) groups is 1. The molecule has 0 aliphatic carbocycles. The van der Waals surface area contributed by atoms with Crippen molar-refractivity contribution in [3.8, 4) is 0 Å². The molecule has 1 saturated heterocycles. The van der Waals surface area contributed by atoms with Crippen LogP contribution in [0.1, 0.15) is 12.5 Å². The van der Waals surface area contributed by atoms with E-state index in [4.69, 9.17) is 4.74 Å². The Morgan fingerprint density at radius 2 is 2.10 bits per heavy atom. The number of rotatable bonds is 6. The third-order valence-electron chi connectivity index (χ3n) is 3.59. The summed E-state index contributed by atoms with van der Waals surface area (Å²) in [5.41, 5.74) is 0.983. The maximum absolute atomic E-state index is 12.2. The van der Waals surface area contributed by atoms with Crippen molar-refractivity contribution in [1.29, 1.82) is 0 Å². The van der Waals surface area contributed by atoms with Gasteiger partial charge in [-0.05, 0) is 12.5 Å². The highest BCUT2D eigenvalue weighted by atomic mass is 16.5. The van der Waals surface area contributed by atoms with Crippen molar-refractivity contribution in [3.63, 3.8) is 0 Å². The first-order valence-corrected chi connectivity index (χ1v) is 7.24. The monoisotopic (exact) mass is 280 g/mol. The van der Waals surface area contributed by atoms with Crippen molar-refractivity contribution in [1.82, 2.24) is 19.6 Å². The Morgan fingerprint density at radius 1 is 1.35 bits per heavy atom. The first-order chi connectivity index (χ1) is 9.69. The van der Waals surface area contributed by atoms with Crippen LogP contribution in [0.25, 0.3) is 0 Å². The minimum Gasteiger partial charge on any atom is -0.380 e. The number of carbonyl (C=O) groups excluding carboxylic acids is 1. The zero-order valence-corrected chi connectivity index (χ0v) is 12.4. The third kappa shape index (κ3) is 4.31. The molecule has 1 aliphatic heterocycles. The van der Waals surface area contributed by atoms with E-state index in [1.807, 2.05) is 25.1 Å². The fourth-order valence-electron chi connectivity index (χ4n) is 2.41. The number of nitrogens with zero attached hydrogens (tertiary/aromatic N) is 4. The van der Waals surface area contributed by atoms with Crippen LogP contribution in [0.2, 0.25) is 0 Å². The number of piperazine rings is 1.